The molecule has 3 rings (SSSR count). The van der Waals surface area contributed by atoms with Crippen molar-refractivity contribution in [1.29, 1.82) is 0 Å². The van der Waals surface area contributed by atoms with Crippen LogP contribution >= 0.6 is 0 Å². The molecule has 2 aromatic carbocycles. The van der Waals surface area contributed by atoms with E-state index < -0.39 is 23.8 Å². The molecule has 1 unspecified atom stereocenters. The summed E-state index contributed by atoms with van der Waals surface area (Å²) in [5.74, 6) is -0.862. The molecule has 0 aliphatic heterocycles. The van der Waals surface area contributed by atoms with Crippen molar-refractivity contribution in [2.75, 3.05) is 19.5 Å². The molecule has 1 atom stereocenters. The smallest absolute Gasteiger partial charge is 0.326 e. The summed E-state index contributed by atoms with van der Waals surface area (Å²) in [5.41, 5.74) is 3.24. The lowest BCUT2D eigenvalue weighted by Crippen LogP contribution is -2.40. The highest BCUT2D eigenvalue weighted by molar-refractivity contribution is 6.03. The normalized spacial score (nSPS) is 11.8. The predicted octanol–water partition coefficient (Wildman–Crippen LogP) is 4.77. The minimum Gasteiger partial charge on any atom is -0.493 e. The van der Waals surface area contributed by atoms with Gasteiger partial charge in [0.2, 0.25) is 0 Å². The molecule has 0 radical (unpaired) electrons. The highest BCUT2D eigenvalue weighted by atomic mass is 16.5. The quantitative estimate of drug-likeness (QED) is 0.263. The number of benzene rings is 2. The second-order valence-corrected chi connectivity index (χ2v) is 8.83. The number of carboxylic acid groups (broad SMARTS) is 1. The average Bonchev–Trinajstić information content (AvgIpc) is 3.40. The zero-order valence-corrected chi connectivity index (χ0v) is 23.1. The number of amides is 2. The summed E-state index contributed by atoms with van der Waals surface area (Å²) in [6.07, 6.45) is 5.01. The van der Waals surface area contributed by atoms with Crippen LogP contribution in [-0.4, -0.2) is 52.9 Å². The van der Waals surface area contributed by atoms with Crippen LogP contribution in [0.5, 0.6) is 11.5 Å². The Hall–Kier alpha value is -4.86. The number of nitrogens with one attached hydrogen (secondary N) is 2. The number of carboxylic acids is 1. The highest BCUT2D eigenvalue weighted by Crippen LogP contribution is 2.31. The molecule has 1 aromatic heterocycles. The van der Waals surface area contributed by atoms with Gasteiger partial charge in [-0.1, -0.05) is 32.9 Å². The van der Waals surface area contributed by atoms with Crippen LogP contribution in [0, 0.1) is 0 Å². The largest absolute Gasteiger partial charge is 0.493 e. The molecule has 10 heteroatoms. The molecule has 0 bridgehead atoms. The fraction of sp³-hybridized carbons (Fsp3) is 0.267. The number of rotatable bonds is 13. The second-order valence-electron chi connectivity index (χ2n) is 8.83. The number of aromatic nitrogens is 2. The van der Waals surface area contributed by atoms with Crippen LogP contribution in [0.3, 0.4) is 0 Å². The number of methoxy groups -OCH3 is 2. The third-order valence-corrected chi connectivity index (χ3v) is 6.15. The Morgan fingerprint density at radius 2 is 1.68 bits per heavy atom. The van der Waals surface area contributed by atoms with Gasteiger partial charge in [-0.25, -0.2) is 9.48 Å². The Labute approximate surface area is 233 Å². The number of hydrogen-bond acceptors (Lipinski definition) is 6. The third-order valence-electron chi connectivity index (χ3n) is 6.15. The maximum atomic E-state index is 13.1. The Kier molecular flexibility index (Phi) is 10.2. The number of aliphatic carboxylic acids is 1. The van der Waals surface area contributed by atoms with Gasteiger partial charge in [0, 0.05) is 22.5 Å². The summed E-state index contributed by atoms with van der Waals surface area (Å²) in [7, 11) is 3.13. The van der Waals surface area contributed by atoms with E-state index in [-0.39, 0.29) is 11.3 Å². The minimum atomic E-state index is -1.08. The van der Waals surface area contributed by atoms with Crippen LogP contribution < -0.4 is 20.1 Å². The molecule has 3 aromatic rings. The zero-order chi connectivity index (χ0) is 29.2. The van der Waals surface area contributed by atoms with Crippen LogP contribution in [0.4, 0.5) is 5.69 Å². The van der Waals surface area contributed by atoms with Gasteiger partial charge < -0.3 is 25.2 Å². The predicted molar refractivity (Wildman–Crippen MR) is 153 cm³/mol. The number of anilines is 1. The molecule has 0 aliphatic rings. The van der Waals surface area contributed by atoms with E-state index in [9.17, 15) is 19.5 Å². The van der Waals surface area contributed by atoms with Crippen molar-refractivity contribution in [3.05, 3.63) is 89.8 Å². The molecule has 0 saturated carbocycles. The molecule has 40 heavy (non-hydrogen) atoms. The first-order valence-electron chi connectivity index (χ1n) is 12.9. The molecule has 0 aliphatic carbocycles. The number of aryl methyl sites for hydroxylation is 1. The van der Waals surface area contributed by atoms with E-state index in [0.29, 0.717) is 42.1 Å². The molecule has 0 saturated heterocycles. The van der Waals surface area contributed by atoms with E-state index in [1.54, 1.807) is 55.3 Å². The lowest BCUT2D eigenvalue weighted by Gasteiger charge is -2.14. The number of nitrogens with zero attached hydrogens (tertiary/aromatic N) is 2. The van der Waals surface area contributed by atoms with Gasteiger partial charge >= 0.3 is 5.97 Å². The van der Waals surface area contributed by atoms with E-state index in [1.807, 2.05) is 26.0 Å². The van der Waals surface area contributed by atoms with Crippen LogP contribution in [0.15, 0.2) is 67.3 Å². The molecule has 10 nitrogen and oxygen atoms in total. The zero-order valence-electron chi connectivity index (χ0n) is 23.1. The summed E-state index contributed by atoms with van der Waals surface area (Å²) >= 11 is 0. The Morgan fingerprint density at radius 3 is 2.25 bits per heavy atom. The molecule has 1 heterocycles. The van der Waals surface area contributed by atoms with E-state index >= 15 is 0 Å². The van der Waals surface area contributed by atoms with E-state index in [4.69, 9.17) is 9.47 Å². The number of ether oxygens (including phenoxy) is 2. The van der Waals surface area contributed by atoms with Crippen molar-refractivity contribution < 1.29 is 29.0 Å². The SMILES string of the molecule is C=C/C=C(/c1ccc(OC)c(OC)c1)n1nc(C(=O)Nc2ccc(C(=O)NC(CCC)C(=O)O)cc2)cc1CC. The van der Waals surface area contributed by atoms with E-state index in [1.165, 1.54) is 12.1 Å². The Balaban J connectivity index is 1.82. The molecule has 210 valence electrons. The van der Waals surface area contributed by atoms with Gasteiger partial charge in [-0.15, -0.1) is 0 Å². The second kappa shape index (κ2) is 13.8. The number of allylic oxidation sites excluding steroid dienone is 2. The van der Waals surface area contributed by atoms with Crippen LogP contribution in [0.1, 0.15) is 58.8 Å². The molecular weight excluding hydrogens is 512 g/mol. The topological polar surface area (TPSA) is 132 Å². The van der Waals surface area contributed by atoms with Gasteiger partial charge in [0.05, 0.1) is 19.9 Å². The van der Waals surface area contributed by atoms with Gasteiger partial charge in [-0.3, -0.25) is 9.59 Å². The fourth-order valence-electron chi connectivity index (χ4n) is 4.08. The Morgan fingerprint density at radius 1 is 1.00 bits per heavy atom. The van der Waals surface area contributed by atoms with Gasteiger partial charge in [-0.2, -0.15) is 5.10 Å². The minimum absolute atomic E-state index is 0.206. The van der Waals surface area contributed by atoms with E-state index in [2.05, 4.69) is 22.3 Å². The van der Waals surface area contributed by atoms with Crippen LogP contribution in [0.2, 0.25) is 0 Å². The molecule has 0 spiro atoms. The maximum Gasteiger partial charge on any atom is 0.326 e. The van der Waals surface area contributed by atoms with Gasteiger partial charge in [0.15, 0.2) is 17.2 Å². The van der Waals surface area contributed by atoms with Crippen molar-refractivity contribution in [2.45, 2.75) is 39.2 Å². The average molecular weight is 547 g/mol. The first-order valence-corrected chi connectivity index (χ1v) is 12.9. The number of carbonyl (C=O) groups excluding carboxylic acids is 2. The highest BCUT2D eigenvalue weighted by Gasteiger charge is 2.21. The van der Waals surface area contributed by atoms with Crippen molar-refractivity contribution in [3.63, 3.8) is 0 Å². The van der Waals surface area contributed by atoms with Gasteiger partial charge in [-0.05, 0) is 67.4 Å². The van der Waals surface area contributed by atoms with Crippen molar-refractivity contribution in [3.8, 4) is 11.5 Å². The molecular formula is C30H34N4O6. The van der Waals surface area contributed by atoms with Gasteiger partial charge in [0.1, 0.15) is 6.04 Å². The van der Waals surface area contributed by atoms with Crippen LogP contribution in [0.25, 0.3) is 5.70 Å². The summed E-state index contributed by atoms with van der Waals surface area (Å²) < 4.78 is 12.5. The lowest BCUT2D eigenvalue weighted by atomic mass is 10.1. The fourth-order valence-corrected chi connectivity index (χ4v) is 4.08. The number of hydrogen-bond donors (Lipinski definition) is 3. The summed E-state index contributed by atoms with van der Waals surface area (Å²) in [6.45, 7) is 7.64. The molecule has 0 fully saturated rings. The monoisotopic (exact) mass is 546 g/mol. The standard InChI is InChI=1S/C30H34N4O6/c1-6-9-23(30(37)38)32-28(35)19-11-14-21(15-12-19)31-29(36)24-18-22(8-3)34(33-24)25(10-7-2)20-13-16-26(39-4)27(17-20)40-5/h7,10-18,23H,2,6,8-9H2,1,3-5H3,(H,31,36)(H,32,35)(H,37,38)/b25-10-. The summed E-state index contributed by atoms with van der Waals surface area (Å²) in [4.78, 5) is 36.9. The molecule has 3 N–H and O–H groups in total. The maximum absolute atomic E-state index is 13.1. The van der Waals surface area contributed by atoms with Crippen molar-refractivity contribution in [1.82, 2.24) is 15.1 Å². The number of carbonyl (C=O) groups is 3. The lowest BCUT2D eigenvalue weighted by molar-refractivity contribution is -0.139. The first-order chi connectivity index (χ1) is 19.3. The van der Waals surface area contributed by atoms with Crippen LogP contribution in [-0.2, 0) is 11.2 Å². The third kappa shape index (κ3) is 6.96. The summed E-state index contributed by atoms with van der Waals surface area (Å²) in [5, 5.41) is 19.2. The Bertz CT molecular complexity index is 1410. The van der Waals surface area contributed by atoms with Crippen molar-refractivity contribution in [2.24, 2.45) is 0 Å². The van der Waals surface area contributed by atoms with Crippen molar-refractivity contribution >= 4 is 29.2 Å². The molecule has 2 amide bonds. The summed E-state index contributed by atoms with van der Waals surface area (Å²) in [6, 6.07) is 12.4. The van der Waals surface area contributed by atoms with Gasteiger partial charge in [0.25, 0.3) is 11.8 Å². The van der Waals surface area contributed by atoms with E-state index in [0.717, 1.165) is 11.3 Å². The first kappa shape index (κ1) is 29.7.